The van der Waals surface area contributed by atoms with E-state index in [-0.39, 0.29) is 12.4 Å². The first kappa shape index (κ1) is 18.4. The Bertz CT molecular complexity index is 578. The quantitative estimate of drug-likeness (QED) is 0.811. The van der Waals surface area contributed by atoms with Crippen LogP contribution in [0.1, 0.15) is 33.3 Å². The van der Waals surface area contributed by atoms with Crippen LogP contribution < -0.4 is 5.32 Å². The van der Waals surface area contributed by atoms with Gasteiger partial charge in [-0.2, -0.15) is 8.42 Å². The fraction of sp³-hybridized carbons (Fsp3) is 0.533. The average molecular weight is 329 g/mol. The topological polar surface area (TPSA) is 81.7 Å². The van der Waals surface area contributed by atoms with Crippen molar-refractivity contribution in [3.63, 3.8) is 0 Å². The second kappa shape index (κ2) is 7.60. The highest BCUT2D eigenvalue weighted by atomic mass is 32.2. The van der Waals surface area contributed by atoms with Gasteiger partial charge in [0.05, 0.1) is 12.6 Å². The van der Waals surface area contributed by atoms with Crippen molar-refractivity contribution in [2.75, 3.05) is 6.61 Å². The summed E-state index contributed by atoms with van der Waals surface area (Å²) in [5.41, 5.74) is 0.0413. The summed E-state index contributed by atoms with van der Waals surface area (Å²) in [6.45, 7) is 6.74. The molecule has 1 unspecified atom stereocenters. The van der Waals surface area contributed by atoms with Crippen molar-refractivity contribution in [3.8, 4) is 0 Å². The fourth-order valence-electron chi connectivity index (χ4n) is 1.58. The van der Waals surface area contributed by atoms with E-state index in [4.69, 9.17) is 8.92 Å². The van der Waals surface area contributed by atoms with E-state index in [1.165, 1.54) is 0 Å². The minimum Gasteiger partial charge on any atom is -0.444 e. The van der Waals surface area contributed by atoms with Gasteiger partial charge in [0.2, 0.25) is 0 Å². The van der Waals surface area contributed by atoms with Gasteiger partial charge in [0, 0.05) is 0 Å². The van der Waals surface area contributed by atoms with Gasteiger partial charge < -0.3 is 10.1 Å². The normalized spacial score (nSPS) is 13.5. The third-order valence-electron chi connectivity index (χ3n) is 2.45. The van der Waals surface area contributed by atoms with Crippen LogP contribution in [-0.2, 0) is 24.8 Å². The van der Waals surface area contributed by atoms with E-state index >= 15 is 0 Å². The summed E-state index contributed by atoms with van der Waals surface area (Å²) in [5, 5.41) is 2.52. The Kier molecular flexibility index (Phi) is 6.37. The van der Waals surface area contributed by atoms with Crippen molar-refractivity contribution in [1.29, 1.82) is 0 Å². The summed E-state index contributed by atoms with van der Waals surface area (Å²) < 4.78 is 33.7. The van der Waals surface area contributed by atoms with Gasteiger partial charge in [0.1, 0.15) is 11.4 Å². The Morgan fingerprint density at radius 1 is 1.23 bits per heavy atom. The van der Waals surface area contributed by atoms with Crippen LogP contribution in [0.3, 0.4) is 0 Å². The smallest absolute Gasteiger partial charge is 0.407 e. The number of benzene rings is 1. The number of carbonyl (C=O) groups is 1. The molecule has 0 heterocycles. The summed E-state index contributed by atoms with van der Waals surface area (Å²) in [7, 11) is -3.69. The number of ether oxygens (including phenoxy) is 1. The van der Waals surface area contributed by atoms with Crippen molar-refractivity contribution < 1.29 is 22.1 Å². The molecule has 0 aromatic heterocycles. The van der Waals surface area contributed by atoms with E-state index in [0.717, 1.165) is 0 Å². The Morgan fingerprint density at radius 2 is 1.82 bits per heavy atom. The van der Waals surface area contributed by atoms with E-state index in [1.807, 2.05) is 6.07 Å². The SMILES string of the molecule is CC(COS(=O)(=O)Cc1ccccc1)NC(=O)OC(C)(C)C. The fourth-order valence-corrected chi connectivity index (χ4v) is 2.67. The number of hydrogen-bond acceptors (Lipinski definition) is 5. The molecule has 0 aliphatic rings. The Hall–Kier alpha value is -1.60. The minimum absolute atomic E-state index is 0.144. The van der Waals surface area contributed by atoms with Crippen molar-refractivity contribution in [1.82, 2.24) is 5.32 Å². The van der Waals surface area contributed by atoms with Gasteiger partial charge in [-0.05, 0) is 33.3 Å². The molecule has 0 spiro atoms. The Labute approximate surface area is 131 Å². The van der Waals surface area contributed by atoms with Crippen LogP contribution in [0.25, 0.3) is 0 Å². The predicted molar refractivity (Wildman–Crippen MR) is 83.8 cm³/mol. The molecule has 0 aliphatic carbocycles. The van der Waals surface area contributed by atoms with Crippen molar-refractivity contribution in [3.05, 3.63) is 35.9 Å². The molecule has 1 aromatic carbocycles. The molecule has 0 saturated heterocycles. The number of alkyl carbamates (subject to hydrolysis) is 1. The van der Waals surface area contributed by atoms with E-state index in [0.29, 0.717) is 5.56 Å². The maximum absolute atomic E-state index is 11.9. The van der Waals surface area contributed by atoms with Crippen LogP contribution in [0.4, 0.5) is 4.79 Å². The standard InChI is InChI=1S/C15H23NO5S/c1-12(16-14(17)21-15(2,3)4)10-20-22(18,19)11-13-8-6-5-7-9-13/h5-9,12H,10-11H2,1-4H3,(H,16,17). The number of rotatable bonds is 6. The lowest BCUT2D eigenvalue weighted by Crippen LogP contribution is -2.40. The molecule has 7 heteroatoms. The first-order valence-corrected chi connectivity index (χ1v) is 8.56. The van der Waals surface area contributed by atoms with Crippen molar-refractivity contribution >= 4 is 16.2 Å². The molecule has 1 atom stereocenters. The molecule has 22 heavy (non-hydrogen) atoms. The predicted octanol–water partition coefficient (Wildman–Crippen LogP) is 2.45. The molecule has 6 nitrogen and oxygen atoms in total. The van der Waals surface area contributed by atoms with E-state index in [1.54, 1.807) is 52.0 Å². The zero-order valence-electron chi connectivity index (χ0n) is 13.3. The molecule has 0 fully saturated rings. The van der Waals surface area contributed by atoms with Crippen LogP contribution in [0.5, 0.6) is 0 Å². The summed E-state index contributed by atoms with van der Waals surface area (Å²) in [4.78, 5) is 11.5. The molecule has 0 saturated carbocycles. The molecule has 1 amide bonds. The lowest BCUT2D eigenvalue weighted by Gasteiger charge is -2.21. The molecular weight excluding hydrogens is 306 g/mol. The van der Waals surface area contributed by atoms with Gasteiger partial charge in [0.15, 0.2) is 0 Å². The summed E-state index contributed by atoms with van der Waals surface area (Å²) >= 11 is 0. The summed E-state index contributed by atoms with van der Waals surface area (Å²) in [6, 6.07) is 8.27. The van der Waals surface area contributed by atoms with E-state index in [2.05, 4.69) is 5.32 Å². The average Bonchev–Trinajstić information content (AvgIpc) is 2.35. The van der Waals surface area contributed by atoms with Crippen LogP contribution in [0.15, 0.2) is 30.3 Å². The zero-order valence-corrected chi connectivity index (χ0v) is 14.1. The van der Waals surface area contributed by atoms with E-state index < -0.39 is 27.9 Å². The van der Waals surface area contributed by atoms with Gasteiger partial charge >= 0.3 is 6.09 Å². The van der Waals surface area contributed by atoms with Gasteiger partial charge in [-0.1, -0.05) is 30.3 Å². The zero-order chi connectivity index (χ0) is 16.8. The maximum Gasteiger partial charge on any atom is 0.407 e. The van der Waals surface area contributed by atoms with E-state index in [9.17, 15) is 13.2 Å². The molecule has 1 N–H and O–H groups in total. The first-order chi connectivity index (χ1) is 10.1. The molecule has 1 rings (SSSR count). The second-order valence-corrected chi connectivity index (χ2v) is 7.66. The number of hydrogen-bond donors (Lipinski definition) is 1. The molecule has 0 bridgehead atoms. The van der Waals surface area contributed by atoms with Crippen molar-refractivity contribution in [2.45, 2.75) is 45.1 Å². The first-order valence-electron chi connectivity index (χ1n) is 6.98. The molecule has 1 aromatic rings. The monoisotopic (exact) mass is 329 g/mol. The molecule has 0 aliphatic heterocycles. The van der Waals surface area contributed by atoms with Crippen LogP contribution in [0, 0.1) is 0 Å². The highest BCUT2D eigenvalue weighted by Gasteiger charge is 2.19. The van der Waals surface area contributed by atoms with Gasteiger partial charge in [0.25, 0.3) is 10.1 Å². The van der Waals surface area contributed by atoms with Crippen LogP contribution in [-0.4, -0.2) is 32.8 Å². The third-order valence-corrected chi connectivity index (χ3v) is 3.63. The lowest BCUT2D eigenvalue weighted by molar-refractivity contribution is 0.0494. The molecular formula is C15H23NO5S. The highest BCUT2D eigenvalue weighted by Crippen LogP contribution is 2.09. The van der Waals surface area contributed by atoms with Gasteiger partial charge in [-0.15, -0.1) is 0 Å². The molecule has 124 valence electrons. The number of carbonyl (C=O) groups excluding carboxylic acids is 1. The number of nitrogens with one attached hydrogen (secondary N) is 1. The number of amides is 1. The summed E-state index contributed by atoms with van der Waals surface area (Å²) in [6.07, 6.45) is -0.607. The van der Waals surface area contributed by atoms with Crippen LogP contribution >= 0.6 is 0 Å². The largest absolute Gasteiger partial charge is 0.444 e. The minimum atomic E-state index is -3.69. The van der Waals surface area contributed by atoms with Crippen molar-refractivity contribution in [2.24, 2.45) is 0 Å². The van der Waals surface area contributed by atoms with Gasteiger partial charge in [-0.3, -0.25) is 4.18 Å². The van der Waals surface area contributed by atoms with Crippen LogP contribution in [0.2, 0.25) is 0 Å². The maximum atomic E-state index is 11.9. The third kappa shape index (κ3) is 7.99. The summed E-state index contributed by atoms with van der Waals surface area (Å²) in [5.74, 6) is -0.201. The lowest BCUT2D eigenvalue weighted by atomic mass is 10.2. The Balaban J connectivity index is 2.42. The molecule has 0 radical (unpaired) electrons. The van der Waals surface area contributed by atoms with Gasteiger partial charge in [-0.25, -0.2) is 4.79 Å². The highest BCUT2D eigenvalue weighted by molar-refractivity contribution is 7.85. The Morgan fingerprint density at radius 3 is 2.36 bits per heavy atom. The second-order valence-electron chi connectivity index (χ2n) is 6.02.